The quantitative estimate of drug-likeness (QED) is 0.370. The Morgan fingerprint density at radius 2 is 1.87 bits per heavy atom. The lowest BCUT2D eigenvalue weighted by atomic mass is 9.93. The number of nitrogens with zero attached hydrogens (tertiary/aromatic N) is 2. The maximum absolute atomic E-state index is 12.3. The second-order valence-electron chi connectivity index (χ2n) is 10.9. The summed E-state index contributed by atoms with van der Waals surface area (Å²) in [5.74, 6) is 1.14. The van der Waals surface area contributed by atoms with Crippen LogP contribution in [-0.4, -0.2) is 54.6 Å². The Morgan fingerprint density at radius 1 is 1.16 bits per heavy atom. The summed E-state index contributed by atoms with van der Waals surface area (Å²) < 4.78 is 0. The second kappa shape index (κ2) is 13.3. The molecule has 206 valence electrons. The van der Waals surface area contributed by atoms with Gasteiger partial charge in [0.2, 0.25) is 0 Å². The predicted octanol–water partition coefficient (Wildman–Crippen LogP) is 6.77. The number of hydrogen-bond acceptors (Lipinski definition) is 4. The number of aliphatic hydroxyl groups excluding tert-OH is 1. The van der Waals surface area contributed by atoms with Crippen LogP contribution in [0.3, 0.4) is 0 Å². The molecule has 1 atom stereocenters. The molecule has 38 heavy (non-hydrogen) atoms. The van der Waals surface area contributed by atoms with Gasteiger partial charge < -0.3 is 20.2 Å². The summed E-state index contributed by atoms with van der Waals surface area (Å²) in [4.78, 5) is 16.3. The van der Waals surface area contributed by atoms with Gasteiger partial charge >= 0.3 is 0 Å². The third kappa shape index (κ3) is 7.42. The number of allylic oxidation sites excluding steroid dienone is 1. The molecule has 1 unspecified atom stereocenters. The van der Waals surface area contributed by atoms with Crippen molar-refractivity contribution in [3.63, 3.8) is 0 Å². The summed E-state index contributed by atoms with van der Waals surface area (Å²) >= 11 is 6.33. The molecule has 2 aliphatic rings. The van der Waals surface area contributed by atoms with Gasteiger partial charge in [-0.3, -0.25) is 4.79 Å². The Hall–Kier alpha value is -2.76. The fraction of sp³-hybridized carbons (Fsp3) is 0.469. The molecule has 2 aromatic rings. The number of carbonyl (C=O) groups is 1. The van der Waals surface area contributed by atoms with Gasteiger partial charge in [-0.25, -0.2) is 0 Å². The number of hydrogen-bond donors (Lipinski definition) is 2. The zero-order valence-electron chi connectivity index (χ0n) is 23.7. The summed E-state index contributed by atoms with van der Waals surface area (Å²) in [5.41, 5.74) is 7.70. The van der Waals surface area contributed by atoms with Crippen molar-refractivity contribution in [2.45, 2.75) is 58.4 Å². The van der Waals surface area contributed by atoms with E-state index < -0.39 is 0 Å². The van der Waals surface area contributed by atoms with Crippen molar-refractivity contribution >= 4 is 23.2 Å². The minimum Gasteiger partial charge on any atom is -0.395 e. The first-order valence-corrected chi connectivity index (χ1v) is 14.0. The van der Waals surface area contributed by atoms with E-state index in [1.165, 1.54) is 24.0 Å². The molecule has 1 aliphatic heterocycles. The molecular formula is C32H44ClN3O2. The number of halogens is 1. The van der Waals surface area contributed by atoms with E-state index in [4.69, 9.17) is 16.7 Å². The summed E-state index contributed by atoms with van der Waals surface area (Å²) in [6.07, 6.45) is 4.76. The van der Waals surface area contributed by atoms with E-state index in [9.17, 15) is 4.79 Å². The largest absolute Gasteiger partial charge is 0.395 e. The molecule has 2 N–H and O–H groups in total. The number of aliphatic hydroxyl groups is 1. The molecule has 4 rings (SSSR count). The molecule has 1 aliphatic carbocycles. The van der Waals surface area contributed by atoms with Gasteiger partial charge in [0.25, 0.3) is 5.91 Å². The molecule has 1 saturated heterocycles. The van der Waals surface area contributed by atoms with E-state index in [2.05, 4.69) is 56.3 Å². The zero-order chi connectivity index (χ0) is 28.0. The van der Waals surface area contributed by atoms with Crippen LogP contribution in [0.25, 0.3) is 5.70 Å². The number of nitrogens with one attached hydrogen (secondary N) is 1. The van der Waals surface area contributed by atoms with E-state index in [1.54, 1.807) is 19.0 Å². The van der Waals surface area contributed by atoms with Gasteiger partial charge in [-0.2, -0.15) is 0 Å². The SMILES string of the molecule is C=C(NCCO)C1CC1.C=C(c1cc(Cl)ccc1C(C)C)N1CCCC1c1ccc(C(=O)N(C)C)cc1C. The average Bonchev–Trinajstić information content (AvgIpc) is 3.63. The van der Waals surface area contributed by atoms with E-state index in [-0.39, 0.29) is 18.6 Å². The van der Waals surface area contributed by atoms with Crippen LogP contribution < -0.4 is 5.32 Å². The lowest BCUT2D eigenvalue weighted by Crippen LogP contribution is -2.24. The molecule has 0 radical (unpaired) electrons. The molecule has 5 nitrogen and oxygen atoms in total. The highest BCUT2D eigenvalue weighted by atomic mass is 35.5. The van der Waals surface area contributed by atoms with Gasteiger partial charge in [0.15, 0.2) is 0 Å². The third-order valence-corrected chi connectivity index (χ3v) is 7.60. The fourth-order valence-corrected chi connectivity index (χ4v) is 5.26. The van der Waals surface area contributed by atoms with Gasteiger partial charge in [-0.15, -0.1) is 0 Å². The van der Waals surface area contributed by atoms with Gasteiger partial charge in [-0.1, -0.05) is 50.7 Å². The van der Waals surface area contributed by atoms with Gasteiger partial charge in [0.05, 0.1) is 12.6 Å². The minimum atomic E-state index is 0.0350. The molecule has 1 amide bonds. The average molecular weight is 538 g/mol. The van der Waals surface area contributed by atoms with Gasteiger partial charge in [-0.05, 0) is 85.4 Å². The standard InChI is InChI=1S/C25H31ClN2O.C7H13NO/c1-16(2)21-12-10-20(26)15-23(21)18(4)28-13-7-8-24(28)22-11-9-19(14-17(22)3)25(29)27(5)6;1-6(7-2-3-7)8-4-5-9/h9-12,14-16,24H,4,7-8,13H2,1-3,5-6H3;7-9H,1-5H2. The monoisotopic (exact) mass is 537 g/mol. The van der Waals surface area contributed by atoms with Crippen LogP contribution in [0.5, 0.6) is 0 Å². The first kappa shape index (κ1) is 29.8. The molecule has 2 aromatic carbocycles. The highest BCUT2D eigenvalue weighted by Crippen LogP contribution is 2.41. The van der Waals surface area contributed by atoms with Gasteiger partial charge in [0, 0.05) is 54.7 Å². The lowest BCUT2D eigenvalue weighted by Gasteiger charge is -2.31. The third-order valence-electron chi connectivity index (χ3n) is 7.36. The van der Waals surface area contributed by atoms with Crippen molar-refractivity contribution < 1.29 is 9.90 Å². The normalized spacial score (nSPS) is 16.6. The van der Waals surface area contributed by atoms with E-state index >= 15 is 0 Å². The van der Waals surface area contributed by atoms with Crippen LogP contribution in [0.1, 0.15) is 84.1 Å². The first-order valence-electron chi connectivity index (χ1n) is 13.7. The van der Waals surface area contributed by atoms with Crippen molar-refractivity contribution in [3.05, 3.63) is 88.1 Å². The summed E-state index contributed by atoms with van der Waals surface area (Å²) in [5, 5.41) is 12.2. The molecule has 0 aromatic heterocycles. The van der Waals surface area contributed by atoms with Crippen LogP contribution in [0.15, 0.2) is 55.3 Å². The van der Waals surface area contributed by atoms with Crippen molar-refractivity contribution in [2.24, 2.45) is 5.92 Å². The van der Waals surface area contributed by atoms with Crippen LogP contribution in [0.4, 0.5) is 0 Å². The van der Waals surface area contributed by atoms with E-state index in [0.29, 0.717) is 18.4 Å². The Morgan fingerprint density at radius 3 is 2.45 bits per heavy atom. The maximum Gasteiger partial charge on any atom is 0.253 e. The zero-order valence-corrected chi connectivity index (χ0v) is 24.4. The molecule has 1 heterocycles. The van der Waals surface area contributed by atoms with Crippen molar-refractivity contribution in [1.82, 2.24) is 15.1 Å². The summed E-state index contributed by atoms with van der Waals surface area (Å²) in [6, 6.07) is 12.5. The van der Waals surface area contributed by atoms with Crippen LogP contribution in [-0.2, 0) is 0 Å². The van der Waals surface area contributed by atoms with Crippen molar-refractivity contribution in [2.75, 3.05) is 33.8 Å². The second-order valence-corrected chi connectivity index (χ2v) is 11.3. The Bertz CT molecular complexity index is 1150. The van der Waals surface area contributed by atoms with Crippen molar-refractivity contribution in [1.29, 1.82) is 0 Å². The number of benzene rings is 2. The number of aryl methyl sites for hydroxylation is 1. The smallest absolute Gasteiger partial charge is 0.253 e. The fourth-order valence-electron chi connectivity index (χ4n) is 5.08. The Kier molecular flexibility index (Phi) is 10.5. The van der Waals surface area contributed by atoms with E-state index in [0.717, 1.165) is 52.5 Å². The molecule has 6 heteroatoms. The number of rotatable bonds is 9. The molecule has 1 saturated carbocycles. The highest BCUT2D eigenvalue weighted by molar-refractivity contribution is 6.30. The van der Waals surface area contributed by atoms with Gasteiger partial charge in [0.1, 0.15) is 0 Å². The Balaban J connectivity index is 0.000000375. The molecule has 2 fully saturated rings. The minimum absolute atomic E-state index is 0.0350. The Labute approximate surface area is 234 Å². The topological polar surface area (TPSA) is 55.8 Å². The number of carbonyl (C=O) groups excluding carboxylic acids is 1. The highest BCUT2D eigenvalue weighted by Gasteiger charge is 2.30. The maximum atomic E-state index is 12.3. The molecule has 0 spiro atoms. The first-order chi connectivity index (χ1) is 18.0. The predicted molar refractivity (Wildman–Crippen MR) is 159 cm³/mol. The molecular weight excluding hydrogens is 494 g/mol. The van der Waals surface area contributed by atoms with Crippen LogP contribution >= 0.6 is 11.6 Å². The van der Waals surface area contributed by atoms with Crippen molar-refractivity contribution in [3.8, 4) is 0 Å². The van der Waals surface area contributed by atoms with E-state index in [1.807, 2.05) is 24.3 Å². The summed E-state index contributed by atoms with van der Waals surface area (Å²) in [7, 11) is 3.57. The number of likely N-dealkylation sites (tertiary alicyclic amines) is 1. The summed E-state index contributed by atoms with van der Waals surface area (Å²) in [6.45, 7) is 16.6. The number of amides is 1. The van der Waals surface area contributed by atoms with Crippen LogP contribution in [0, 0.1) is 12.8 Å². The lowest BCUT2D eigenvalue weighted by molar-refractivity contribution is 0.0827. The van der Waals surface area contributed by atoms with Crippen LogP contribution in [0.2, 0.25) is 5.02 Å². The molecule has 0 bridgehead atoms.